The normalized spacial score (nSPS) is 12.4. The van der Waals surface area contributed by atoms with Gasteiger partial charge in [0.25, 0.3) is 0 Å². The van der Waals surface area contributed by atoms with Crippen molar-refractivity contribution in [1.82, 2.24) is 15.0 Å². The van der Waals surface area contributed by atoms with Crippen molar-refractivity contribution in [2.24, 2.45) is 0 Å². The zero-order valence-electron chi connectivity index (χ0n) is 8.19. The van der Waals surface area contributed by atoms with Gasteiger partial charge in [-0.25, -0.2) is 0 Å². The minimum absolute atomic E-state index is 0.560. The highest BCUT2D eigenvalue weighted by Gasteiger charge is 2.16. The van der Waals surface area contributed by atoms with Crippen molar-refractivity contribution in [3.05, 3.63) is 12.2 Å². The molecule has 0 bridgehead atoms. The Morgan fingerprint density at radius 2 is 2.31 bits per heavy atom. The van der Waals surface area contributed by atoms with Gasteiger partial charge < -0.3 is 9.63 Å². The molecule has 0 unspecified atom stereocenters. The first kappa shape index (κ1) is 10.1. The van der Waals surface area contributed by atoms with Crippen LogP contribution in [0.3, 0.4) is 0 Å². The predicted molar refractivity (Wildman–Crippen MR) is 46.9 cm³/mol. The molecule has 0 saturated carbocycles. The smallest absolute Gasteiger partial charge is 0.240 e. The van der Waals surface area contributed by atoms with E-state index in [9.17, 15) is 5.11 Å². The van der Waals surface area contributed by atoms with Crippen molar-refractivity contribution < 1.29 is 9.63 Å². The zero-order valence-corrected chi connectivity index (χ0v) is 8.19. The van der Waals surface area contributed by atoms with E-state index in [1.54, 1.807) is 13.8 Å². The number of aromatic nitrogens is 2. The summed E-state index contributed by atoms with van der Waals surface area (Å²) in [6, 6.07) is 0. The van der Waals surface area contributed by atoms with Gasteiger partial charge in [-0.15, -0.1) is 0 Å². The molecule has 0 aliphatic carbocycles. The quantitative estimate of drug-likeness (QED) is 0.729. The molecule has 0 radical (unpaired) electrons. The third-order valence-electron chi connectivity index (χ3n) is 1.47. The molecular formula is C8H15N3O2. The van der Waals surface area contributed by atoms with Crippen molar-refractivity contribution in [1.29, 1.82) is 0 Å². The fourth-order valence-electron chi connectivity index (χ4n) is 1.21. The van der Waals surface area contributed by atoms with Gasteiger partial charge in [-0.3, -0.25) is 4.90 Å². The van der Waals surface area contributed by atoms with Crippen LogP contribution in [0.5, 0.6) is 0 Å². The van der Waals surface area contributed by atoms with E-state index in [0.717, 1.165) is 0 Å². The highest BCUT2D eigenvalue weighted by Crippen LogP contribution is 2.05. The van der Waals surface area contributed by atoms with Crippen molar-refractivity contribution in [2.45, 2.75) is 26.0 Å². The van der Waals surface area contributed by atoms with Gasteiger partial charge in [0.15, 0.2) is 6.33 Å². The largest absolute Gasteiger partial charge is 0.389 e. The second kappa shape index (κ2) is 3.85. The molecule has 1 heterocycles. The Balaban J connectivity index is 2.38. The third-order valence-corrected chi connectivity index (χ3v) is 1.47. The number of rotatable bonds is 4. The second-order valence-electron chi connectivity index (χ2n) is 3.82. The maximum absolute atomic E-state index is 9.51. The van der Waals surface area contributed by atoms with E-state index in [1.165, 1.54) is 6.33 Å². The minimum Gasteiger partial charge on any atom is -0.389 e. The van der Waals surface area contributed by atoms with Crippen LogP contribution in [-0.4, -0.2) is 39.3 Å². The van der Waals surface area contributed by atoms with E-state index in [0.29, 0.717) is 19.0 Å². The topological polar surface area (TPSA) is 62.4 Å². The Labute approximate surface area is 77.4 Å². The van der Waals surface area contributed by atoms with Crippen LogP contribution in [0.1, 0.15) is 19.7 Å². The third kappa shape index (κ3) is 4.00. The summed E-state index contributed by atoms with van der Waals surface area (Å²) in [5.41, 5.74) is -0.700. The average molecular weight is 185 g/mol. The van der Waals surface area contributed by atoms with Crippen LogP contribution in [0.2, 0.25) is 0 Å². The van der Waals surface area contributed by atoms with Crippen LogP contribution in [0, 0.1) is 0 Å². The molecule has 74 valence electrons. The van der Waals surface area contributed by atoms with E-state index in [4.69, 9.17) is 4.52 Å². The van der Waals surface area contributed by atoms with E-state index in [1.807, 2.05) is 11.9 Å². The Bertz CT molecular complexity index is 240. The lowest BCUT2D eigenvalue weighted by Crippen LogP contribution is -2.35. The summed E-state index contributed by atoms with van der Waals surface area (Å²) in [6.45, 7) is 4.65. The van der Waals surface area contributed by atoms with Crippen molar-refractivity contribution >= 4 is 0 Å². The molecule has 0 amide bonds. The van der Waals surface area contributed by atoms with Crippen LogP contribution in [0.4, 0.5) is 0 Å². The van der Waals surface area contributed by atoms with Crippen molar-refractivity contribution in [3.8, 4) is 0 Å². The molecule has 0 aromatic carbocycles. The summed E-state index contributed by atoms with van der Waals surface area (Å²) in [6.07, 6.45) is 1.37. The van der Waals surface area contributed by atoms with E-state index < -0.39 is 5.60 Å². The van der Waals surface area contributed by atoms with Gasteiger partial charge in [-0.05, 0) is 20.9 Å². The molecule has 0 aliphatic rings. The molecule has 1 aromatic heterocycles. The first-order valence-corrected chi connectivity index (χ1v) is 4.14. The fourth-order valence-corrected chi connectivity index (χ4v) is 1.21. The summed E-state index contributed by atoms with van der Waals surface area (Å²) >= 11 is 0. The first-order chi connectivity index (χ1) is 5.97. The maximum Gasteiger partial charge on any atom is 0.240 e. The van der Waals surface area contributed by atoms with Gasteiger partial charge >= 0.3 is 0 Å². The van der Waals surface area contributed by atoms with Gasteiger partial charge in [0.2, 0.25) is 5.89 Å². The minimum atomic E-state index is -0.700. The molecule has 1 N–H and O–H groups in total. The molecule has 5 heteroatoms. The van der Waals surface area contributed by atoms with Crippen LogP contribution in [-0.2, 0) is 6.54 Å². The molecule has 1 aromatic rings. The van der Waals surface area contributed by atoms with Gasteiger partial charge in [0.1, 0.15) is 0 Å². The van der Waals surface area contributed by atoms with Crippen molar-refractivity contribution in [2.75, 3.05) is 13.6 Å². The molecule has 0 saturated heterocycles. The highest BCUT2D eigenvalue weighted by molar-refractivity contribution is 4.77. The Morgan fingerprint density at radius 3 is 2.77 bits per heavy atom. The zero-order chi connectivity index (χ0) is 9.90. The Kier molecular flexibility index (Phi) is 3.00. The molecule has 0 atom stereocenters. The van der Waals surface area contributed by atoms with Gasteiger partial charge in [0.05, 0.1) is 12.1 Å². The lowest BCUT2D eigenvalue weighted by Gasteiger charge is -2.23. The Hall–Kier alpha value is -0.940. The fraction of sp³-hybridized carbons (Fsp3) is 0.750. The summed E-state index contributed by atoms with van der Waals surface area (Å²) in [4.78, 5) is 5.81. The van der Waals surface area contributed by atoms with E-state index in [2.05, 4.69) is 10.1 Å². The molecular weight excluding hydrogens is 170 g/mol. The molecule has 13 heavy (non-hydrogen) atoms. The number of likely N-dealkylation sites (N-methyl/N-ethyl adjacent to an activating group) is 1. The van der Waals surface area contributed by atoms with Gasteiger partial charge in [-0.2, -0.15) is 4.98 Å². The predicted octanol–water partition coefficient (Wildman–Crippen LogP) is 0.272. The molecule has 0 spiro atoms. The summed E-state index contributed by atoms with van der Waals surface area (Å²) in [7, 11) is 1.89. The second-order valence-corrected chi connectivity index (χ2v) is 3.82. The lowest BCUT2D eigenvalue weighted by atomic mass is 10.1. The molecule has 0 aliphatic heterocycles. The number of aliphatic hydroxyl groups is 1. The van der Waals surface area contributed by atoms with Crippen molar-refractivity contribution in [3.63, 3.8) is 0 Å². The summed E-state index contributed by atoms with van der Waals surface area (Å²) < 4.78 is 4.83. The van der Waals surface area contributed by atoms with Crippen LogP contribution < -0.4 is 0 Å². The average Bonchev–Trinajstić information content (AvgIpc) is 2.34. The molecule has 0 fully saturated rings. The maximum atomic E-state index is 9.51. The van der Waals surface area contributed by atoms with E-state index in [-0.39, 0.29) is 0 Å². The van der Waals surface area contributed by atoms with Crippen LogP contribution in [0.25, 0.3) is 0 Å². The van der Waals surface area contributed by atoms with Crippen LogP contribution >= 0.6 is 0 Å². The number of hydrogen-bond acceptors (Lipinski definition) is 5. The highest BCUT2D eigenvalue weighted by atomic mass is 16.5. The number of hydrogen-bond donors (Lipinski definition) is 1. The number of nitrogens with zero attached hydrogens (tertiary/aromatic N) is 3. The lowest BCUT2D eigenvalue weighted by molar-refractivity contribution is 0.0397. The van der Waals surface area contributed by atoms with Crippen LogP contribution in [0.15, 0.2) is 10.9 Å². The monoisotopic (exact) mass is 185 g/mol. The SMILES string of the molecule is CN(Cc1ncno1)CC(C)(C)O. The molecule has 1 rings (SSSR count). The van der Waals surface area contributed by atoms with Gasteiger partial charge in [0, 0.05) is 6.54 Å². The standard InChI is InChI=1S/C8H15N3O2/c1-8(2,12)5-11(3)4-7-9-6-10-13-7/h6,12H,4-5H2,1-3H3. The molecule has 5 nitrogen and oxygen atoms in total. The summed E-state index contributed by atoms with van der Waals surface area (Å²) in [5.74, 6) is 0.562. The van der Waals surface area contributed by atoms with E-state index >= 15 is 0 Å². The Morgan fingerprint density at radius 1 is 1.62 bits per heavy atom. The summed E-state index contributed by atoms with van der Waals surface area (Å²) in [5, 5.41) is 13.0. The first-order valence-electron chi connectivity index (χ1n) is 4.14. The van der Waals surface area contributed by atoms with Gasteiger partial charge in [-0.1, -0.05) is 5.16 Å².